The van der Waals surface area contributed by atoms with Crippen molar-refractivity contribution in [3.8, 4) is 11.5 Å². The molecule has 0 saturated carbocycles. The van der Waals surface area contributed by atoms with Gasteiger partial charge in [0, 0.05) is 22.8 Å². The first-order valence-corrected chi connectivity index (χ1v) is 13.9. The van der Waals surface area contributed by atoms with Crippen molar-refractivity contribution in [2.45, 2.75) is 19.1 Å². The lowest BCUT2D eigenvalue weighted by molar-refractivity contribution is -0.139. The molecule has 2 N–H and O–H groups in total. The zero-order valence-electron chi connectivity index (χ0n) is 24.1. The van der Waals surface area contributed by atoms with Crippen LogP contribution in [-0.4, -0.2) is 47.4 Å². The predicted molar refractivity (Wildman–Crippen MR) is 162 cm³/mol. The van der Waals surface area contributed by atoms with Crippen LogP contribution in [-0.2, 0) is 28.7 Å². The van der Waals surface area contributed by atoms with Gasteiger partial charge in [0.1, 0.15) is 18.0 Å². The topological polar surface area (TPSA) is 122 Å². The van der Waals surface area contributed by atoms with Crippen molar-refractivity contribution >= 4 is 41.0 Å². The average molecular weight is 655 g/mol. The first-order chi connectivity index (χ1) is 21.8. The van der Waals surface area contributed by atoms with E-state index in [2.05, 4.69) is 5.32 Å². The number of alkyl halides is 3. The zero-order chi connectivity index (χ0) is 33.4. The summed E-state index contributed by atoms with van der Waals surface area (Å²) in [6.45, 7) is -0.702. The molecule has 9 nitrogen and oxygen atoms in total. The SMILES string of the molecule is COc1ccc(CC(=O)Nc2ccc(C(=O)N(CC(=O)O)Cc3ccc(OC(=O)c4ccc(Cl)cc4)cc3)cc2)c(C(F)(F)F)c1. The number of hydrogen-bond acceptors (Lipinski definition) is 6. The molecular formula is C33H26ClF3N2O7. The fourth-order valence-corrected chi connectivity index (χ4v) is 4.48. The van der Waals surface area contributed by atoms with Crippen molar-refractivity contribution < 1.29 is 46.9 Å². The lowest BCUT2D eigenvalue weighted by Gasteiger charge is -2.21. The Kier molecular flexibility index (Phi) is 10.7. The molecule has 2 amide bonds. The summed E-state index contributed by atoms with van der Waals surface area (Å²) in [5, 5.41) is 12.4. The molecule has 0 bridgehead atoms. The van der Waals surface area contributed by atoms with Crippen LogP contribution in [0.4, 0.5) is 18.9 Å². The number of methoxy groups -OCH3 is 1. The molecule has 4 aromatic rings. The number of carboxylic acids is 1. The normalized spacial score (nSPS) is 11.0. The van der Waals surface area contributed by atoms with Crippen molar-refractivity contribution in [2.24, 2.45) is 0 Å². The maximum atomic E-state index is 13.5. The highest BCUT2D eigenvalue weighted by molar-refractivity contribution is 6.30. The highest BCUT2D eigenvalue weighted by Gasteiger charge is 2.34. The van der Waals surface area contributed by atoms with E-state index in [1.807, 2.05) is 0 Å². The second-order valence-electron chi connectivity index (χ2n) is 9.92. The number of carboxylic acid groups (broad SMARTS) is 1. The van der Waals surface area contributed by atoms with Gasteiger partial charge in [0.15, 0.2) is 0 Å². The van der Waals surface area contributed by atoms with Crippen LogP contribution < -0.4 is 14.8 Å². The van der Waals surface area contributed by atoms with E-state index in [9.17, 15) is 37.5 Å². The molecule has 0 aliphatic rings. The number of benzene rings is 4. The highest BCUT2D eigenvalue weighted by Crippen LogP contribution is 2.34. The van der Waals surface area contributed by atoms with E-state index in [1.165, 1.54) is 67.8 Å². The van der Waals surface area contributed by atoms with Gasteiger partial charge < -0.3 is 24.8 Å². The molecule has 0 aromatic heterocycles. The Morgan fingerprint density at radius 3 is 2.04 bits per heavy atom. The first-order valence-electron chi connectivity index (χ1n) is 13.5. The summed E-state index contributed by atoms with van der Waals surface area (Å²) in [4.78, 5) is 50.7. The van der Waals surface area contributed by atoms with Gasteiger partial charge in [0.25, 0.3) is 5.91 Å². The third-order valence-electron chi connectivity index (χ3n) is 6.59. The third kappa shape index (κ3) is 9.08. The van der Waals surface area contributed by atoms with Crippen LogP contribution in [0.3, 0.4) is 0 Å². The second kappa shape index (κ2) is 14.6. The maximum Gasteiger partial charge on any atom is 0.416 e. The number of ether oxygens (including phenoxy) is 2. The summed E-state index contributed by atoms with van der Waals surface area (Å²) in [7, 11) is 1.24. The van der Waals surface area contributed by atoms with Gasteiger partial charge in [0.05, 0.1) is 24.7 Å². The van der Waals surface area contributed by atoms with Gasteiger partial charge in [-0.05, 0) is 83.9 Å². The summed E-state index contributed by atoms with van der Waals surface area (Å²) >= 11 is 5.84. The zero-order valence-corrected chi connectivity index (χ0v) is 24.9. The van der Waals surface area contributed by atoms with Gasteiger partial charge in [-0.1, -0.05) is 29.8 Å². The van der Waals surface area contributed by atoms with E-state index in [0.29, 0.717) is 16.1 Å². The molecule has 0 saturated heterocycles. The molecule has 0 radical (unpaired) electrons. The molecule has 4 aromatic carbocycles. The van der Waals surface area contributed by atoms with E-state index < -0.39 is 48.5 Å². The number of rotatable bonds is 11. The fraction of sp³-hybridized carbons (Fsp3) is 0.152. The lowest BCUT2D eigenvalue weighted by atomic mass is 10.0. The van der Waals surface area contributed by atoms with Crippen molar-refractivity contribution in [1.82, 2.24) is 4.90 Å². The van der Waals surface area contributed by atoms with Gasteiger partial charge in [-0.25, -0.2) is 4.79 Å². The number of esters is 1. The van der Waals surface area contributed by atoms with Crippen molar-refractivity contribution in [2.75, 3.05) is 19.0 Å². The Bertz CT molecular complexity index is 1730. The quantitative estimate of drug-likeness (QED) is 0.140. The Morgan fingerprint density at radius 1 is 0.848 bits per heavy atom. The van der Waals surface area contributed by atoms with Crippen LogP contribution in [0.2, 0.25) is 5.02 Å². The molecule has 238 valence electrons. The number of carbonyl (C=O) groups is 4. The number of nitrogens with one attached hydrogen (secondary N) is 1. The van der Waals surface area contributed by atoms with Crippen LogP contribution in [0, 0.1) is 0 Å². The Labute approximate surface area is 266 Å². The van der Waals surface area contributed by atoms with Gasteiger partial charge in [0.2, 0.25) is 5.91 Å². The van der Waals surface area contributed by atoms with Crippen LogP contribution >= 0.6 is 11.6 Å². The first kappa shape index (κ1) is 33.5. The number of nitrogens with zero attached hydrogens (tertiary/aromatic N) is 1. The van der Waals surface area contributed by atoms with E-state index in [-0.39, 0.29) is 34.9 Å². The number of carbonyl (C=O) groups excluding carboxylic acids is 3. The number of amides is 2. The predicted octanol–water partition coefficient (Wildman–Crippen LogP) is 6.49. The molecule has 4 rings (SSSR count). The van der Waals surface area contributed by atoms with Crippen LogP contribution in [0.15, 0.2) is 91.0 Å². The Balaban J connectivity index is 1.40. The fourth-order valence-electron chi connectivity index (χ4n) is 4.36. The second-order valence-corrected chi connectivity index (χ2v) is 10.4. The average Bonchev–Trinajstić information content (AvgIpc) is 3.01. The van der Waals surface area contributed by atoms with E-state index >= 15 is 0 Å². The van der Waals surface area contributed by atoms with Gasteiger partial charge in [-0.3, -0.25) is 14.4 Å². The monoisotopic (exact) mass is 654 g/mol. The summed E-state index contributed by atoms with van der Waals surface area (Å²) < 4.78 is 50.7. The molecule has 0 aliphatic heterocycles. The van der Waals surface area contributed by atoms with Gasteiger partial charge >= 0.3 is 18.1 Å². The van der Waals surface area contributed by atoms with Crippen LogP contribution in [0.1, 0.15) is 37.4 Å². The minimum Gasteiger partial charge on any atom is -0.497 e. The van der Waals surface area contributed by atoms with Crippen molar-refractivity contribution in [1.29, 1.82) is 0 Å². The number of aliphatic carboxylic acids is 1. The number of halogens is 4. The molecule has 0 atom stereocenters. The summed E-state index contributed by atoms with van der Waals surface area (Å²) in [5.74, 6) is -2.95. The van der Waals surface area contributed by atoms with Crippen LogP contribution in [0.25, 0.3) is 0 Å². The lowest BCUT2D eigenvalue weighted by Crippen LogP contribution is -2.35. The molecule has 13 heteroatoms. The molecule has 0 unspecified atom stereocenters. The number of hydrogen-bond donors (Lipinski definition) is 2. The molecule has 0 fully saturated rings. The molecular weight excluding hydrogens is 629 g/mol. The molecule has 0 aliphatic carbocycles. The van der Waals surface area contributed by atoms with Crippen LogP contribution in [0.5, 0.6) is 11.5 Å². The Morgan fingerprint density at radius 2 is 1.46 bits per heavy atom. The molecule has 46 heavy (non-hydrogen) atoms. The van der Waals surface area contributed by atoms with E-state index in [0.717, 1.165) is 11.0 Å². The highest BCUT2D eigenvalue weighted by atomic mass is 35.5. The minimum atomic E-state index is -4.69. The van der Waals surface area contributed by atoms with E-state index in [1.54, 1.807) is 24.3 Å². The molecule has 0 spiro atoms. The van der Waals surface area contributed by atoms with E-state index in [4.69, 9.17) is 21.1 Å². The number of anilines is 1. The van der Waals surface area contributed by atoms with Crippen molar-refractivity contribution in [3.63, 3.8) is 0 Å². The maximum absolute atomic E-state index is 13.5. The standard InChI is InChI=1S/C33H26ClF3N2O7/c1-45-27-15-8-23(28(17-27)33(35,36)37)16-29(40)38-25-11-6-21(7-12-25)31(43)39(19-30(41)42)18-20-2-13-26(14-3-20)46-32(44)22-4-9-24(34)10-5-22/h2-15,17H,16,18-19H2,1H3,(H,38,40)(H,41,42). The summed E-state index contributed by atoms with van der Waals surface area (Å²) in [5.41, 5.74) is -0.0456. The third-order valence-corrected chi connectivity index (χ3v) is 6.84. The largest absolute Gasteiger partial charge is 0.497 e. The minimum absolute atomic E-state index is 0.00133. The summed E-state index contributed by atoms with van der Waals surface area (Å²) in [6.07, 6.45) is -5.26. The van der Waals surface area contributed by atoms with Gasteiger partial charge in [-0.15, -0.1) is 0 Å². The van der Waals surface area contributed by atoms with Crippen molar-refractivity contribution in [3.05, 3.63) is 124 Å². The summed E-state index contributed by atoms with van der Waals surface area (Å²) in [6, 6.07) is 21.1. The smallest absolute Gasteiger partial charge is 0.416 e. The molecule has 0 heterocycles. The Hall–Kier alpha value is -5.36. The van der Waals surface area contributed by atoms with Gasteiger partial charge in [-0.2, -0.15) is 13.2 Å².